The first-order chi connectivity index (χ1) is 10.0. The van der Waals surface area contributed by atoms with E-state index in [1.165, 1.54) is 12.1 Å². The molecule has 1 saturated heterocycles. The molecular weight excluding hydrogens is 269 g/mol. The number of nitrogens with zero attached hydrogens (tertiary/aromatic N) is 1. The van der Waals surface area contributed by atoms with Gasteiger partial charge in [-0.05, 0) is 55.9 Å². The normalized spacial score (nSPS) is 23.2. The summed E-state index contributed by atoms with van der Waals surface area (Å²) in [5.74, 6) is -0.213. The Hall–Kier alpha value is -1.68. The third-order valence-corrected chi connectivity index (χ3v) is 4.14. The van der Waals surface area contributed by atoms with Gasteiger partial charge >= 0.3 is 0 Å². The minimum atomic E-state index is -0.306. The minimum Gasteiger partial charge on any atom is -0.396 e. The second-order valence-electron chi connectivity index (χ2n) is 5.80. The maximum absolute atomic E-state index is 13.2. The molecule has 0 aliphatic carbocycles. The van der Waals surface area contributed by atoms with Crippen LogP contribution in [0.5, 0.6) is 0 Å². The van der Waals surface area contributed by atoms with Crippen LogP contribution in [0.4, 0.5) is 4.39 Å². The van der Waals surface area contributed by atoms with Gasteiger partial charge in [0.05, 0.1) is 0 Å². The molecule has 1 N–H and O–H groups in total. The molecule has 4 heteroatoms. The molecule has 1 aromatic rings. The monoisotopic (exact) mass is 291 g/mol. The average Bonchev–Trinajstić information content (AvgIpc) is 2.47. The fraction of sp³-hybridized carbons (Fsp3) is 0.471. The first kappa shape index (κ1) is 15.7. The van der Waals surface area contributed by atoms with Crippen LogP contribution in [-0.2, 0) is 4.79 Å². The van der Waals surface area contributed by atoms with E-state index in [1.807, 2.05) is 13.8 Å². The molecule has 21 heavy (non-hydrogen) atoms. The predicted molar refractivity (Wildman–Crippen MR) is 81.0 cm³/mol. The van der Waals surface area contributed by atoms with Crippen molar-refractivity contribution in [1.82, 2.24) is 4.90 Å². The third kappa shape index (κ3) is 3.91. The molecule has 1 amide bonds. The van der Waals surface area contributed by atoms with Crippen LogP contribution in [0, 0.1) is 11.7 Å². The fourth-order valence-electron chi connectivity index (χ4n) is 2.72. The van der Waals surface area contributed by atoms with E-state index < -0.39 is 0 Å². The highest BCUT2D eigenvalue weighted by atomic mass is 19.1. The topological polar surface area (TPSA) is 40.5 Å². The van der Waals surface area contributed by atoms with Crippen LogP contribution in [0.3, 0.4) is 0 Å². The van der Waals surface area contributed by atoms with Gasteiger partial charge in [-0.2, -0.15) is 0 Å². The first-order valence-electron chi connectivity index (χ1n) is 7.37. The van der Waals surface area contributed by atoms with Crippen LogP contribution >= 0.6 is 0 Å². The number of benzene rings is 1. The summed E-state index contributed by atoms with van der Waals surface area (Å²) in [6.07, 6.45) is 3.42. The molecule has 0 aromatic heterocycles. The number of piperidine rings is 1. The van der Waals surface area contributed by atoms with Crippen molar-refractivity contribution < 1.29 is 14.3 Å². The number of rotatable bonds is 3. The quantitative estimate of drug-likeness (QED) is 0.870. The number of hydrogen-bond donors (Lipinski definition) is 1. The smallest absolute Gasteiger partial charge is 0.247 e. The maximum atomic E-state index is 13.2. The van der Waals surface area contributed by atoms with Crippen molar-refractivity contribution in [2.45, 2.75) is 32.7 Å². The van der Waals surface area contributed by atoms with Gasteiger partial charge in [-0.3, -0.25) is 4.79 Å². The van der Waals surface area contributed by atoms with Crippen molar-refractivity contribution in [3.05, 3.63) is 41.7 Å². The van der Waals surface area contributed by atoms with Gasteiger partial charge in [0, 0.05) is 25.3 Å². The Morgan fingerprint density at radius 2 is 2.24 bits per heavy atom. The molecule has 0 saturated carbocycles. The number of halogens is 1. The highest BCUT2D eigenvalue weighted by Gasteiger charge is 2.27. The molecule has 0 spiro atoms. The highest BCUT2D eigenvalue weighted by Crippen LogP contribution is 2.23. The van der Waals surface area contributed by atoms with E-state index >= 15 is 0 Å². The van der Waals surface area contributed by atoms with Gasteiger partial charge in [0.15, 0.2) is 0 Å². The SMILES string of the molecule is C/C(=C/C(=O)N1CC(CO)CCC1C)c1cccc(F)c1. The lowest BCUT2D eigenvalue weighted by Crippen LogP contribution is -2.45. The molecule has 3 nitrogen and oxygen atoms in total. The molecule has 114 valence electrons. The Morgan fingerprint density at radius 1 is 1.48 bits per heavy atom. The van der Waals surface area contributed by atoms with Crippen molar-refractivity contribution in [2.24, 2.45) is 5.92 Å². The van der Waals surface area contributed by atoms with E-state index in [0.717, 1.165) is 18.4 Å². The Balaban J connectivity index is 2.13. The largest absolute Gasteiger partial charge is 0.396 e. The van der Waals surface area contributed by atoms with E-state index in [0.29, 0.717) is 12.1 Å². The van der Waals surface area contributed by atoms with Crippen molar-refractivity contribution in [1.29, 1.82) is 0 Å². The maximum Gasteiger partial charge on any atom is 0.247 e. The van der Waals surface area contributed by atoms with Crippen molar-refractivity contribution in [2.75, 3.05) is 13.2 Å². The van der Waals surface area contributed by atoms with E-state index in [2.05, 4.69) is 0 Å². The molecule has 2 rings (SSSR count). The Kier molecular flexibility index (Phi) is 5.12. The number of amides is 1. The lowest BCUT2D eigenvalue weighted by atomic mass is 9.94. The number of allylic oxidation sites excluding steroid dienone is 1. The summed E-state index contributed by atoms with van der Waals surface area (Å²) in [7, 11) is 0. The average molecular weight is 291 g/mol. The summed E-state index contributed by atoms with van der Waals surface area (Å²) < 4.78 is 13.2. The second-order valence-corrected chi connectivity index (χ2v) is 5.80. The molecule has 1 heterocycles. The standard InChI is InChI=1S/C17H22FNO2/c1-12(15-4-3-5-16(18)9-15)8-17(21)19-10-14(11-20)7-6-13(19)2/h3-5,8-9,13-14,20H,6-7,10-11H2,1-2H3/b12-8-. The van der Waals surface area contributed by atoms with Crippen molar-refractivity contribution in [3.63, 3.8) is 0 Å². The van der Waals surface area contributed by atoms with Crippen LogP contribution in [0.2, 0.25) is 0 Å². The summed E-state index contributed by atoms with van der Waals surface area (Å²) in [5.41, 5.74) is 1.46. The summed E-state index contributed by atoms with van der Waals surface area (Å²) in [6.45, 7) is 4.54. The Morgan fingerprint density at radius 3 is 2.90 bits per heavy atom. The first-order valence-corrected chi connectivity index (χ1v) is 7.37. The van der Waals surface area contributed by atoms with Crippen LogP contribution in [-0.4, -0.2) is 35.1 Å². The third-order valence-electron chi connectivity index (χ3n) is 4.14. The number of hydrogen-bond acceptors (Lipinski definition) is 2. The van der Waals surface area contributed by atoms with Gasteiger partial charge in [0.2, 0.25) is 5.91 Å². The zero-order chi connectivity index (χ0) is 15.4. The summed E-state index contributed by atoms with van der Waals surface area (Å²) in [5, 5.41) is 9.27. The molecule has 2 atom stereocenters. The van der Waals surface area contributed by atoms with E-state index in [4.69, 9.17) is 0 Å². The predicted octanol–water partition coefficient (Wildman–Crippen LogP) is 2.85. The second kappa shape index (κ2) is 6.85. The molecule has 1 fully saturated rings. The molecule has 0 radical (unpaired) electrons. The number of carbonyl (C=O) groups is 1. The van der Waals surface area contributed by atoms with Gasteiger partial charge in [0.25, 0.3) is 0 Å². The lowest BCUT2D eigenvalue weighted by Gasteiger charge is -2.37. The zero-order valence-electron chi connectivity index (χ0n) is 12.6. The summed E-state index contributed by atoms with van der Waals surface area (Å²) >= 11 is 0. The molecule has 1 aliphatic heterocycles. The number of carbonyl (C=O) groups excluding carboxylic acids is 1. The molecule has 1 aromatic carbocycles. The Bertz CT molecular complexity index is 541. The lowest BCUT2D eigenvalue weighted by molar-refractivity contribution is -0.130. The minimum absolute atomic E-state index is 0.0672. The van der Waals surface area contributed by atoms with Crippen LogP contribution in [0.1, 0.15) is 32.3 Å². The van der Waals surface area contributed by atoms with E-state index in [9.17, 15) is 14.3 Å². The summed E-state index contributed by atoms with van der Waals surface area (Å²) in [6, 6.07) is 6.42. The van der Waals surface area contributed by atoms with Crippen LogP contribution < -0.4 is 0 Å². The number of likely N-dealkylation sites (tertiary alicyclic amines) is 1. The van der Waals surface area contributed by atoms with Crippen molar-refractivity contribution in [3.8, 4) is 0 Å². The molecular formula is C17H22FNO2. The molecule has 2 unspecified atom stereocenters. The molecule has 1 aliphatic rings. The molecule has 0 bridgehead atoms. The van der Waals surface area contributed by atoms with E-state index in [-0.39, 0.29) is 30.3 Å². The van der Waals surface area contributed by atoms with Crippen LogP contribution in [0.25, 0.3) is 5.57 Å². The number of aliphatic hydroxyl groups excluding tert-OH is 1. The summed E-state index contributed by atoms with van der Waals surface area (Å²) in [4.78, 5) is 14.2. The van der Waals surface area contributed by atoms with Gasteiger partial charge < -0.3 is 10.0 Å². The fourth-order valence-corrected chi connectivity index (χ4v) is 2.72. The van der Waals surface area contributed by atoms with E-state index in [1.54, 1.807) is 23.1 Å². The number of aliphatic hydroxyl groups is 1. The van der Waals surface area contributed by atoms with Gasteiger partial charge in [-0.25, -0.2) is 4.39 Å². The highest BCUT2D eigenvalue weighted by molar-refractivity contribution is 5.95. The Labute approximate surface area is 125 Å². The van der Waals surface area contributed by atoms with Gasteiger partial charge in [0.1, 0.15) is 5.82 Å². The zero-order valence-corrected chi connectivity index (χ0v) is 12.6. The van der Waals surface area contributed by atoms with Gasteiger partial charge in [-0.1, -0.05) is 12.1 Å². The van der Waals surface area contributed by atoms with Gasteiger partial charge in [-0.15, -0.1) is 0 Å². The van der Waals surface area contributed by atoms with Crippen molar-refractivity contribution >= 4 is 11.5 Å². The van der Waals surface area contributed by atoms with Crippen LogP contribution in [0.15, 0.2) is 30.3 Å².